The molecule has 23 heavy (non-hydrogen) atoms. The van der Waals surface area contributed by atoms with Crippen LogP contribution < -0.4 is 4.74 Å². The Morgan fingerprint density at radius 1 is 1.22 bits per heavy atom. The number of hydrogen-bond donors (Lipinski definition) is 0. The van der Waals surface area contributed by atoms with E-state index >= 15 is 0 Å². The average molecular weight is 330 g/mol. The highest BCUT2D eigenvalue weighted by Crippen LogP contribution is 2.32. The first kappa shape index (κ1) is 16.9. The van der Waals surface area contributed by atoms with Crippen LogP contribution in [0.1, 0.15) is 34.3 Å². The number of nitriles is 2. The Labute approximate surface area is 141 Å². The summed E-state index contributed by atoms with van der Waals surface area (Å²) in [5.41, 5.74) is 1.74. The van der Waals surface area contributed by atoms with Crippen LogP contribution in [0.25, 0.3) is 0 Å². The molecule has 0 saturated carbocycles. The average Bonchev–Trinajstić information content (AvgIpc) is 2.87. The van der Waals surface area contributed by atoms with Gasteiger partial charge in [-0.15, -0.1) is 12.4 Å². The van der Waals surface area contributed by atoms with Crippen LogP contribution in [0.3, 0.4) is 0 Å². The molecule has 1 unspecified atom stereocenters. The summed E-state index contributed by atoms with van der Waals surface area (Å²) in [4.78, 5) is 2.13. The van der Waals surface area contributed by atoms with Crippen LogP contribution in [-0.4, -0.2) is 18.5 Å². The highest BCUT2D eigenvalue weighted by Gasteiger charge is 2.28. The lowest BCUT2D eigenvalue weighted by atomic mass is 10.0. The molecule has 2 heterocycles. The van der Waals surface area contributed by atoms with Crippen LogP contribution in [0.4, 0.5) is 0 Å². The van der Waals surface area contributed by atoms with Crippen molar-refractivity contribution in [3.63, 3.8) is 0 Å². The van der Waals surface area contributed by atoms with E-state index in [4.69, 9.17) is 19.7 Å². The van der Waals surface area contributed by atoms with Crippen LogP contribution in [0.2, 0.25) is 0 Å². The summed E-state index contributed by atoms with van der Waals surface area (Å²) in [6.07, 6.45) is -0.148. The largest absolute Gasteiger partial charge is 0.484 e. The van der Waals surface area contributed by atoms with E-state index in [1.54, 1.807) is 18.2 Å². The second kappa shape index (κ2) is 6.75. The minimum absolute atomic E-state index is 0. The van der Waals surface area contributed by atoms with Crippen molar-refractivity contribution in [2.45, 2.75) is 19.6 Å². The SMILES string of the molecule is Cc1cc2c(o1)CN(C)CC2Oc1ccc(C#N)c(C#N)c1.Cl. The Kier molecular flexibility index (Phi) is 4.95. The van der Waals surface area contributed by atoms with Crippen LogP contribution in [-0.2, 0) is 6.54 Å². The van der Waals surface area contributed by atoms with Crippen molar-refractivity contribution in [3.8, 4) is 17.9 Å². The monoisotopic (exact) mass is 329 g/mol. The highest BCUT2D eigenvalue weighted by atomic mass is 35.5. The summed E-state index contributed by atoms with van der Waals surface area (Å²) >= 11 is 0. The Bertz CT molecular complexity index is 801. The van der Waals surface area contributed by atoms with Crippen molar-refractivity contribution in [1.29, 1.82) is 10.5 Å². The van der Waals surface area contributed by atoms with Crippen molar-refractivity contribution < 1.29 is 9.15 Å². The first-order valence-corrected chi connectivity index (χ1v) is 6.99. The van der Waals surface area contributed by atoms with Crippen LogP contribution in [0.5, 0.6) is 5.75 Å². The molecule has 1 aliphatic rings. The molecule has 0 spiro atoms. The molecule has 0 saturated heterocycles. The zero-order chi connectivity index (χ0) is 15.7. The van der Waals surface area contributed by atoms with E-state index in [2.05, 4.69) is 4.90 Å². The normalized spacial score (nSPS) is 16.6. The summed E-state index contributed by atoms with van der Waals surface area (Å²) in [5, 5.41) is 18.1. The van der Waals surface area contributed by atoms with E-state index < -0.39 is 0 Å². The van der Waals surface area contributed by atoms with E-state index in [1.165, 1.54) is 0 Å². The fourth-order valence-corrected chi connectivity index (χ4v) is 2.72. The van der Waals surface area contributed by atoms with Gasteiger partial charge in [0.25, 0.3) is 0 Å². The second-order valence-corrected chi connectivity index (χ2v) is 5.47. The molecule has 1 atom stereocenters. The van der Waals surface area contributed by atoms with E-state index in [9.17, 15) is 0 Å². The number of fused-ring (bicyclic) bond motifs is 1. The maximum atomic E-state index is 9.10. The summed E-state index contributed by atoms with van der Waals surface area (Å²) in [6, 6.07) is 11.0. The second-order valence-electron chi connectivity index (χ2n) is 5.47. The highest BCUT2D eigenvalue weighted by molar-refractivity contribution is 5.85. The summed E-state index contributed by atoms with van der Waals surface area (Å²) in [7, 11) is 2.01. The predicted molar refractivity (Wildman–Crippen MR) is 86.3 cm³/mol. The molecule has 1 aromatic carbocycles. The molecule has 0 N–H and O–H groups in total. The molecule has 6 heteroatoms. The third-order valence-corrected chi connectivity index (χ3v) is 3.71. The smallest absolute Gasteiger partial charge is 0.140 e. The molecule has 118 valence electrons. The zero-order valence-electron chi connectivity index (χ0n) is 12.9. The standard InChI is InChI=1S/C17H15N3O2.ClH/c1-11-5-15-16(21-11)9-20(2)10-17(15)22-14-4-3-12(7-18)13(6-14)8-19;/h3-6,17H,9-10H2,1-2H3;1H. The number of likely N-dealkylation sites (N-methyl/N-ethyl adjacent to an activating group) is 1. The summed E-state index contributed by atoms with van der Waals surface area (Å²) in [5.74, 6) is 2.37. The number of aryl methyl sites for hydroxylation is 1. The fraction of sp³-hybridized carbons (Fsp3) is 0.294. The number of ether oxygens (including phenoxy) is 1. The number of rotatable bonds is 2. The van der Waals surface area contributed by atoms with Crippen LogP contribution in [0, 0.1) is 29.6 Å². The van der Waals surface area contributed by atoms with Gasteiger partial charge in [-0.2, -0.15) is 10.5 Å². The predicted octanol–water partition coefficient (Wildman–Crippen LogP) is 3.32. The van der Waals surface area contributed by atoms with Gasteiger partial charge in [-0.25, -0.2) is 0 Å². The fourth-order valence-electron chi connectivity index (χ4n) is 2.72. The Hall–Kier alpha value is -2.47. The van der Waals surface area contributed by atoms with Crippen molar-refractivity contribution in [2.75, 3.05) is 13.6 Å². The van der Waals surface area contributed by atoms with Gasteiger partial charge in [0.2, 0.25) is 0 Å². The van der Waals surface area contributed by atoms with Crippen LogP contribution >= 0.6 is 12.4 Å². The van der Waals surface area contributed by atoms with E-state index in [0.29, 0.717) is 16.9 Å². The third-order valence-electron chi connectivity index (χ3n) is 3.71. The first-order chi connectivity index (χ1) is 10.6. The number of benzene rings is 1. The zero-order valence-corrected chi connectivity index (χ0v) is 13.7. The first-order valence-electron chi connectivity index (χ1n) is 6.99. The molecule has 2 aromatic rings. The van der Waals surface area contributed by atoms with Crippen molar-refractivity contribution in [2.24, 2.45) is 0 Å². The molecule has 5 nitrogen and oxygen atoms in total. The summed E-state index contributed by atoms with van der Waals surface area (Å²) < 4.78 is 11.8. The number of furan rings is 1. The molecule has 1 aromatic heterocycles. The molecule has 1 aliphatic heterocycles. The topological polar surface area (TPSA) is 73.2 Å². The molecule has 0 radical (unpaired) electrons. The van der Waals surface area contributed by atoms with E-state index in [1.807, 2.05) is 32.2 Å². The third kappa shape index (κ3) is 3.32. The lowest BCUT2D eigenvalue weighted by Crippen LogP contribution is -2.32. The molecule has 0 amide bonds. The van der Waals surface area contributed by atoms with Gasteiger partial charge in [-0.1, -0.05) is 0 Å². The lowest BCUT2D eigenvalue weighted by Gasteiger charge is -2.29. The number of nitrogens with zero attached hydrogens (tertiary/aromatic N) is 3. The minimum Gasteiger partial charge on any atom is -0.484 e. The summed E-state index contributed by atoms with van der Waals surface area (Å²) in [6.45, 7) is 3.43. The molecule has 0 bridgehead atoms. The lowest BCUT2D eigenvalue weighted by molar-refractivity contribution is 0.119. The number of halogens is 1. The maximum Gasteiger partial charge on any atom is 0.140 e. The van der Waals surface area contributed by atoms with Crippen molar-refractivity contribution in [3.05, 3.63) is 52.5 Å². The molecule has 0 fully saturated rings. The van der Waals surface area contributed by atoms with Gasteiger partial charge in [0.1, 0.15) is 35.5 Å². The van der Waals surface area contributed by atoms with Gasteiger partial charge in [-0.3, -0.25) is 4.90 Å². The van der Waals surface area contributed by atoms with Gasteiger partial charge < -0.3 is 9.15 Å². The van der Waals surface area contributed by atoms with Gasteiger partial charge in [0, 0.05) is 12.1 Å². The minimum atomic E-state index is -0.148. The van der Waals surface area contributed by atoms with Gasteiger partial charge >= 0.3 is 0 Å². The maximum absolute atomic E-state index is 9.10. The molecular weight excluding hydrogens is 314 g/mol. The van der Waals surface area contributed by atoms with Crippen molar-refractivity contribution in [1.82, 2.24) is 4.90 Å². The van der Waals surface area contributed by atoms with Gasteiger partial charge in [0.15, 0.2) is 0 Å². The van der Waals surface area contributed by atoms with Crippen LogP contribution in [0.15, 0.2) is 28.7 Å². The molecule has 0 aliphatic carbocycles. The van der Waals surface area contributed by atoms with Crippen molar-refractivity contribution >= 4 is 12.4 Å². The Balaban J connectivity index is 0.00000192. The molecular formula is C17H16ClN3O2. The van der Waals surface area contributed by atoms with Gasteiger partial charge in [-0.05, 0) is 38.2 Å². The van der Waals surface area contributed by atoms with Gasteiger partial charge in [0.05, 0.1) is 17.7 Å². The molecule has 3 rings (SSSR count). The number of hydrogen-bond acceptors (Lipinski definition) is 5. The Morgan fingerprint density at radius 3 is 2.65 bits per heavy atom. The quantitative estimate of drug-likeness (QED) is 0.845. The van der Waals surface area contributed by atoms with E-state index in [0.717, 1.165) is 30.2 Å². The Morgan fingerprint density at radius 2 is 1.96 bits per heavy atom. The van der Waals surface area contributed by atoms with E-state index in [-0.39, 0.29) is 18.5 Å².